The third kappa shape index (κ3) is 49.2. The first-order valence-electron chi connectivity index (χ1n) is 42.0. The first-order chi connectivity index (χ1) is 59.5. The van der Waals surface area contributed by atoms with Crippen LogP contribution >= 0.6 is 50.3 Å². The summed E-state index contributed by atoms with van der Waals surface area (Å²) < 4.78 is 76.2. The van der Waals surface area contributed by atoms with Crippen LogP contribution in [0.2, 0.25) is 0 Å². The third-order valence-electron chi connectivity index (χ3n) is 17.9. The Labute approximate surface area is 799 Å². The summed E-state index contributed by atoms with van der Waals surface area (Å²) >= 11 is 9.96. The standard InChI is InChI=1S/C22H28FN3O4.C16H24N2O4.C15H23NO6.C11H19NO3.C10H17NO3.C7H6BrF.C4H8O.C2H4O2.CH3I.3CH4.ClHN4/c1-6-29-20(27)18-17-13-25(21(28)30-22(3,4)5)11-14(2)19(17)26(24-18)12-15-7-9-16(23)10-8-15;1-6-21-14(19)13-12-9-18(15(20)22-16(3,4)5)8-10(2)11(12)7-17-13;1-6-21-13(19)12(18)10-8-16(7-9(2)11(10)17)14(20)22-15(3,4)5;1-8-7-12(6-5-9(8)13)10(14)15-11(2,3)4;1-10(2,3)14-9(13)11-6-4-8(12)5-7-11;8-5-6-1-3-7(9)4-2-6;1-2-4-5-3-1;1-2(3)4;1-2;;;;1-3-5-4-2/h7-10,14H,6,11-13H2,1-5H3;10H,6-9H2,1-5H3;9-10H,6-8H2,1-5H3;8H,5-7H2,1-4H3;4-7H2,1-3H3;1-4H,5H2;1-4H2;1H3,(H,3,4);1H3;3*1H4;2H. The average Bonchev–Trinajstić information content (AvgIpc) is 1.62. The van der Waals surface area contributed by atoms with Crippen molar-refractivity contribution in [2.45, 2.75) is 266 Å². The summed E-state index contributed by atoms with van der Waals surface area (Å²) in [6.45, 7) is 47.8. The highest BCUT2D eigenvalue weighted by atomic mass is 127. The fourth-order valence-electron chi connectivity index (χ4n) is 12.3. The minimum absolute atomic E-state index is 0. The molecule has 40 heteroatoms. The van der Waals surface area contributed by atoms with Crippen molar-refractivity contribution in [1.82, 2.24) is 34.3 Å². The first-order valence-corrected chi connectivity index (χ1v) is 45.6. The number of esters is 3. The number of Topliss-reactive ketones (excluding diaryl/α,β-unsaturated/α-hetero) is 4. The Morgan fingerprint density at radius 1 is 0.557 bits per heavy atom. The first kappa shape index (κ1) is 126. The van der Waals surface area contributed by atoms with E-state index in [-0.39, 0.29) is 126 Å². The van der Waals surface area contributed by atoms with Crippen molar-refractivity contribution in [1.29, 1.82) is 5.53 Å². The Morgan fingerprint density at radius 2 is 0.954 bits per heavy atom. The molecule has 4 saturated heterocycles. The minimum atomic E-state index is -1.18. The second-order valence-electron chi connectivity index (χ2n) is 34.9. The summed E-state index contributed by atoms with van der Waals surface area (Å²) in [5.41, 5.74) is 9.13. The van der Waals surface area contributed by atoms with Crippen LogP contribution in [0.15, 0.2) is 79.7 Å². The number of nitrogens with one attached hydrogen (secondary N) is 1. The molecule has 2 aromatic carbocycles. The number of hydrogen-bond donors (Lipinski definition) is 2. The Kier molecular flexibility index (Phi) is 58.8. The minimum Gasteiger partial charge on any atom is -0.481 e. The van der Waals surface area contributed by atoms with Crippen molar-refractivity contribution in [3.63, 3.8) is 0 Å². The number of aliphatic imine (C=N–C) groups is 1. The van der Waals surface area contributed by atoms with Gasteiger partial charge in [0.2, 0.25) is 0 Å². The van der Waals surface area contributed by atoms with Gasteiger partial charge in [0.25, 0.3) is 11.8 Å². The Morgan fingerprint density at radius 3 is 1.36 bits per heavy atom. The predicted molar refractivity (Wildman–Crippen MR) is 506 cm³/mol. The highest BCUT2D eigenvalue weighted by Crippen LogP contribution is 2.34. The van der Waals surface area contributed by atoms with Gasteiger partial charge in [-0.2, -0.15) is 10.6 Å². The molecule has 5 amide bonds. The zero-order valence-corrected chi connectivity index (χ0v) is 83.0. The number of alkyl halides is 2. The lowest BCUT2D eigenvalue weighted by Crippen LogP contribution is -2.53. The number of carboxylic acids is 1. The molecule has 0 spiro atoms. The molecule has 1 aromatic heterocycles. The van der Waals surface area contributed by atoms with Crippen LogP contribution in [0.1, 0.15) is 252 Å². The third-order valence-corrected chi connectivity index (χ3v) is 18.6. The van der Waals surface area contributed by atoms with Gasteiger partial charge in [-0.1, -0.05) is 117 Å². The fourth-order valence-corrected chi connectivity index (χ4v) is 12.8. The van der Waals surface area contributed by atoms with Gasteiger partial charge in [0.1, 0.15) is 68.6 Å². The molecule has 5 unspecified atom stereocenters. The number of carbonyl (C=O) groups is 13. The number of likely N-dealkylation sites (tertiary alicyclic amines) is 3. The number of carbonyl (C=O) groups excluding carboxylic acids is 12. The maximum atomic E-state index is 13.3. The van der Waals surface area contributed by atoms with Gasteiger partial charge in [-0.25, -0.2) is 47.1 Å². The number of rotatable bonds is 11. The number of ketones is 4. The number of piperidine rings is 3. The molecule has 7 aliphatic heterocycles. The van der Waals surface area contributed by atoms with Gasteiger partial charge < -0.3 is 72.2 Å². The quantitative estimate of drug-likeness (QED) is 0.0263. The van der Waals surface area contributed by atoms with E-state index >= 15 is 0 Å². The van der Waals surface area contributed by atoms with Crippen LogP contribution in [0.25, 0.3) is 0 Å². The molecule has 8 heterocycles. The van der Waals surface area contributed by atoms with Crippen LogP contribution in [-0.4, -0.2) is 254 Å². The monoisotopic (exact) mass is 2050 g/mol. The fraction of sp³-hybridized carbons (Fsp3) is 0.659. The van der Waals surface area contributed by atoms with Gasteiger partial charge in [-0.15, -0.1) is 0 Å². The van der Waals surface area contributed by atoms with Crippen LogP contribution in [0.4, 0.5) is 32.8 Å². The number of ether oxygens (including phenoxy) is 9. The van der Waals surface area contributed by atoms with Crippen molar-refractivity contribution in [3.05, 3.63) is 99.4 Å². The van der Waals surface area contributed by atoms with Gasteiger partial charge in [-0.05, 0) is 200 Å². The number of amides is 5. The van der Waals surface area contributed by atoms with Gasteiger partial charge >= 0.3 is 48.4 Å². The van der Waals surface area contributed by atoms with Gasteiger partial charge in [0.15, 0.2) is 5.69 Å². The molecule has 5 atom stereocenters. The van der Waals surface area contributed by atoms with Gasteiger partial charge in [0, 0.05) is 132 Å². The summed E-state index contributed by atoms with van der Waals surface area (Å²) in [4.78, 5) is 166. The number of nitrogens with zero attached hydrogens (tertiary/aromatic N) is 11. The highest BCUT2D eigenvalue weighted by molar-refractivity contribution is 14.1. The van der Waals surface area contributed by atoms with E-state index in [1.54, 1.807) is 97.0 Å². The van der Waals surface area contributed by atoms with Crippen molar-refractivity contribution in [2.24, 2.45) is 43.7 Å². The maximum Gasteiger partial charge on any atom is 0.410 e. The number of hydrogen-bond acceptors (Lipinski definition) is 26. The lowest BCUT2D eigenvalue weighted by atomic mass is 9.86. The number of fused-ring (bicyclic) bond motifs is 1. The maximum absolute atomic E-state index is 13.3. The van der Waals surface area contributed by atoms with Gasteiger partial charge in [-0.3, -0.25) is 33.6 Å². The van der Waals surface area contributed by atoms with Crippen LogP contribution < -0.4 is 0 Å². The summed E-state index contributed by atoms with van der Waals surface area (Å²) in [7, 11) is 0. The van der Waals surface area contributed by atoms with Crippen molar-refractivity contribution in [2.75, 3.05) is 103 Å². The van der Waals surface area contributed by atoms with E-state index in [9.17, 15) is 66.3 Å². The molecular formula is C91H145BrClF2IN12O23. The topological polar surface area (TPSA) is 433 Å². The number of aromatic nitrogens is 2. The molecule has 3 aromatic rings. The molecule has 0 aliphatic carbocycles. The normalized spacial score (nSPS) is 17.7. The Balaban J connectivity index is -0.00000148. The SMILES string of the molecule is C.C.C.C1CCOC1.CC(=O)O.CC(C)(C)OC(=O)N1CCC(=O)CC1.CC1CN(C(=O)OC(C)(C)C)CCC1=O.CCOC(=O)C(=O)C1CN(C(=O)OC(C)(C)C)CC(C)C1=O.CCOC(=O)C1=NCC2=C1CN(C(=O)OC(C)(C)C)CC2C.CCOC(=O)c1nn(Cc2ccc(F)cc2)c2c1CN(C(=O)OC(C)(C)C)CC2C.CI.Fc1ccc(CBr)cc1.N=NN=NCl. The molecular weight excluding hydrogens is 1910 g/mol. The van der Waals surface area contributed by atoms with Crippen LogP contribution in [-0.2, 0) is 94.6 Å². The molecule has 742 valence electrons. The van der Waals surface area contributed by atoms with E-state index in [1.807, 2.05) is 109 Å². The zero-order chi connectivity index (χ0) is 97.9. The molecule has 0 bridgehead atoms. The average molecular weight is 2060 g/mol. The lowest BCUT2D eigenvalue weighted by molar-refractivity contribution is -0.158. The van der Waals surface area contributed by atoms with E-state index in [4.69, 9.17) is 53.3 Å². The number of aliphatic carboxylic acids is 1. The van der Waals surface area contributed by atoms with Crippen molar-refractivity contribution in [3.8, 4) is 0 Å². The summed E-state index contributed by atoms with van der Waals surface area (Å²) in [5, 5.41) is 17.8. The largest absolute Gasteiger partial charge is 0.481 e. The number of benzene rings is 2. The van der Waals surface area contributed by atoms with E-state index < -0.39 is 81.7 Å². The molecule has 35 nitrogen and oxygen atoms in total. The Hall–Kier alpha value is -9.51. The number of halogens is 5. The van der Waals surface area contributed by atoms with E-state index in [0.717, 1.165) is 53.4 Å². The number of carboxylic acid groups (broad SMARTS) is 1. The Bertz CT molecular complexity index is 4230. The molecule has 131 heavy (non-hydrogen) atoms. The summed E-state index contributed by atoms with van der Waals surface area (Å²) in [6.07, 6.45) is 1.89. The van der Waals surface area contributed by atoms with Crippen LogP contribution in [0.3, 0.4) is 0 Å². The second-order valence-corrected chi connectivity index (χ2v) is 35.6. The smallest absolute Gasteiger partial charge is 0.410 e. The molecule has 0 radical (unpaired) electrons. The predicted octanol–water partition coefficient (Wildman–Crippen LogP) is 19.0. The molecule has 7 aliphatic rings. The molecule has 4 fully saturated rings. The molecule has 10 rings (SSSR count). The van der Waals surface area contributed by atoms with E-state index in [2.05, 4.69) is 80.2 Å². The summed E-state index contributed by atoms with van der Waals surface area (Å²) in [6, 6.07) is 12.6. The zero-order valence-electron chi connectivity index (χ0n) is 78.5. The van der Waals surface area contributed by atoms with Crippen molar-refractivity contribution >= 4 is 133 Å². The summed E-state index contributed by atoms with van der Waals surface area (Å²) in [5.74, 6) is -5.80. The van der Waals surface area contributed by atoms with E-state index in [1.165, 1.54) is 42.0 Å². The molecule has 0 saturated carbocycles. The van der Waals surface area contributed by atoms with Crippen LogP contribution in [0, 0.1) is 40.8 Å². The molecule has 2 N–H and O–H groups in total. The van der Waals surface area contributed by atoms with Crippen molar-refractivity contribution < 1.29 is 119 Å². The second kappa shape index (κ2) is 61.3. The van der Waals surface area contributed by atoms with Crippen LogP contribution in [0.5, 0.6) is 0 Å². The lowest BCUT2D eigenvalue weighted by Gasteiger charge is -2.35. The highest BCUT2D eigenvalue weighted by Gasteiger charge is 2.44. The van der Waals surface area contributed by atoms with E-state index in [0.29, 0.717) is 96.0 Å². The van der Waals surface area contributed by atoms with Gasteiger partial charge in [0.05, 0.1) is 57.8 Å².